The summed E-state index contributed by atoms with van der Waals surface area (Å²) in [5.41, 5.74) is 5.16. The summed E-state index contributed by atoms with van der Waals surface area (Å²) >= 11 is 0. The van der Waals surface area contributed by atoms with Crippen molar-refractivity contribution in [1.29, 1.82) is 0 Å². The predicted molar refractivity (Wildman–Crippen MR) is 147 cm³/mol. The van der Waals surface area contributed by atoms with E-state index in [-0.39, 0.29) is 24.5 Å². The van der Waals surface area contributed by atoms with Crippen molar-refractivity contribution in [3.63, 3.8) is 0 Å². The maximum absolute atomic E-state index is 10.2. The quantitative estimate of drug-likeness (QED) is 0.223. The van der Waals surface area contributed by atoms with Crippen molar-refractivity contribution in [2.45, 2.75) is 19.1 Å². The Morgan fingerprint density at radius 2 is 1.79 bits per heavy atom. The number of hydrogen-bond donors (Lipinski definition) is 4. The van der Waals surface area contributed by atoms with E-state index < -0.39 is 13.2 Å². The molecule has 0 spiro atoms. The minimum absolute atomic E-state index is 0.136. The first-order valence-corrected chi connectivity index (χ1v) is 12.5. The number of nitrogens with zero attached hydrogens (tertiary/aromatic N) is 4. The Bertz CT molecular complexity index is 1580. The number of hydrogen-bond acceptors (Lipinski definition) is 10. The lowest BCUT2D eigenvalue weighted by molar-refractivity contribution is 0.209. The lowest BCUT2D eigenvalue weighted by Crippen LogP contribution is -2.27. The highest BCUT2D eigenvalue weighted by atomic mass is 16.5. The van der Waals surface area contributed by atoms with Gasteiger partial charge in [-0.25, -0.2) is 4.98 Å². The van der Waals surface area contributed by atoms with Crippen molar-refractivity contribution < 1.29 is 19.2 Å². The normalized spacial score (nSPS) is 15.2. The standard InChI is InChI=1S/C28H25BN6O4/c1-17-20-13-19(10-11-22(20)29(37)39-17)32-26-14-24(33-25(16-36)18-7-3-2-4-8-18)21(15-31-26)27-34-35-28(38-27)23-9-5-6-12-30-23/h2-15,17,25,36-37H,16H2,1H3,(H2,31,32,33)/t17?,25-/m1/s1. The molecule has 0 radical (unpaired) electrons. The van der Waals surface area contributed by atoms with Gasteiger partial charge in [0.15, 0.2) is 0 Å². The maximum atomic E-state index is 10.2. The predicted octanol–water partition coefficient (Wildman–Crippen LogP) is 3.86. The second kappa shape index (κ2) is 10.7. The summed E-state index contributed by atoms with van der Waals surface area (Å²) in [6.45, 7) is 1.76. The Labute approximate surface area is 224 Å². The van der Waals surface area contributed by atoms with Crippen LogP contribution in [0.5, 0.6) is 0 Å². The summed E-state index contributed by atoms with van der Waals surface area (Å²) in [5.74, 6) is 1.11. The van der Waals surface area contributed by atoms with E-state index in [4.69, 9.17) is 9.07 Å². The van der Waals surface area contributed by atoms with Crippen molar-refractivity contribution >= 4 is 29.8 Å². The molecule has 2 aromatic carbocycles. The zero-order valence-corrected chi connectivity index (χ0v) is 21.0. The Balaban J connectivity index is 1.35. The van der Waals surface area contributed by atoms with E-state index in [1.54, 1.807) is 18.5 Å². The molecule has 4 N–H and O–H groups in total. The number of nitrogens with one attached hydrogen (secondary N) is 2. The van der Waals surface area contributed by atoms with E-state index in [2.05, 4.69) is 30.8 Å². The number of aromatic nitrogens is 4. The molecule has 39 heavy (non-hydrogen) atoms. The van der Waals surface area contributed by atoms with Crippen LogP contribution in [-0.4, -0.2) is 44.0 Å². The zero-order valence-electron chi connectivity index (χ0n) is 21.0. The van der Waals surface area contributed by atoms with Gasteiger partial charge in [-0.1, -0.05) is 42.5 Å². The van der Waals surface area contributed by atoms with Crippen LogP contribution in [0, 0.1) is 0 Å². The maximum Gasteiger partial charge on any atom is 0.491 e. The molecule has 6 rings (SSSR count). The van der Waals surface area contributed by atoms with Gasteiger partial charge in [0.1, 0.15) is 11.5 Å². The van der Waals surface area contributed by atoms with Gasteiger partial charge in [-0.3, -0.25) is 4.98 Å². The van der Waals surface area contributed by atoms with Gasteiger partial charge in [-0.05, 0) is 47.8 Å². The number of pyridine rings is 2. The van der Waals surface area contributed by atoms with Crippen molar-refractivity contribution in [2.75, 3.05) is 17.2 Å². The van der Waals surface area contributed by atoms with Crippen LogP contribution in [0.1, 0.15) is 30.2 Å². The van der Waals surface area contributed by atoms with Gasteiger partial charge < -0.3 is 29.8 Å². The van der Waals surface area contributed by atoms with Crippen LogP contribution in [0.4, 0.5) is 17.2 Å². The summed E-state index contributed by atoms with van der Waals surface area (Å²) < 4.78 is 11.5. The van der Waals surface area contributed by atoms with Crippen molar-refractivity contribution in [3.05, 3.63) is 96.3 Å². The third-order valence-corrected chi connectivity index (χ3v) is 6.55. The van der Waals surface area contributed by atoms with E-state index in [1.807, 2.05) is 73.7 Å². The van der Waals surface area contributed by atoms with Crippen LogP contribution in [0.2, 0.25) is 0 Å². The van der Waals surface area contributed by atoms with Gasteiger partial charge in [-0.15, -0.1) is 10.2 Å². The molecule has 0 bridgehead atoms. The largest absolute Gasteiger partial charge is 0.491 e. The molecule has 0 saturated carbocycles. The Morgan fingerprint density at radius 1 is 0.974 bits per heavy atom. The lowest BCUT2D eigenvalue weighted by Gasteiger charge is -2.20. The minimum atomic E-state index is -0.920. The molecule has 10 nitrogen and oxygen atoms in total. The molecule has 11 heteroatoms. The number of aliphatic hydroxyl groups is 1. The van der Waals surface area contributed by atoms with Gasteiger partial charge in [0, 0.05) is 24.1 Å². The topological polar surface area (TPSA) is 138 Å². The average Bonchev–Trinajstić information content (AvgIpc) is 3.57. The fourth-order valence-corrected chi connectivity index (χ4v) is 4.56. The van der Waals surface area contributed by atoms with Crippen LogP contribution >= 0.6 is 0 Å². The van der Waals surface area contributed by atoms with Gasteiger partial charge in [0.05, 0.1) is 30.0 Å². The third kappa shape index (κ3) is 5.10. The SMILES string of the molecule is CC1OB(O)c2ccc(Nc3cc(N[C@H](CO)c4ccccc4)c(-c4nnc(-c5ccccn5)o4)cn3)cc21. The molecule has 4 heterocycles. The van der Waals surface area contributed by atoms with Gasteiger partial charge in [0.2, 0.25) is 0 Å². The monoisotopic (exact) mass is 520 g/mol. The first-order chi connectivity index (χ1) is 19.1. The fourth-order valence-electron chi connectivity index (χ4n) is 4.56. The van der Waals surface area contributed by atoms with Crippen LogP contribution < -0.4 is 16.1 Å². The highest BCUT2D eigenvalue weighted by Crippen LogP contribution is 2.34. The Morgan fingerprint density at radius 3 is 2.59 bits per heavy atom. The third-order valence-electron chi connectivity index (χ3n) is 6.55. The zero-order chi connectivity index (χ0) is 26.8. The van der Waals surface area contributed by atoms with Crippen molar-refractivity contribution in [2.24, 2.45) is 0 Å². The highest BCUT2D eigenvalue weighted by Gasteiger charge is 2.32. The van der Waals surface area contributed by atoms with E-state index in [1.165, 1.54) is 0 Å². The van der Waals surface area contributed by atoms with E-state index in [0.717, 1.165) is 22.3 Å². The molecular weight excluding hydrogens is 495 g/mol. The van der Waals surface area contributed by atoms with Gasteiger partial charge in [0.25, 0.3) is 11.8 Å². The molecule has 2 atom stereocenters. The first kappa shape index (κ1) is 24.7. The van der Waals surface area contributed by atoms with Crippen LogP contribution in [-0.2, 0) is 4.65 Å². The molecule has 1 aliphatic heterocycles. The minimum Gasteiger partial charge on any atom is -0.423 e. The first-order valence-electron chi connectivity index (χ1n) is 12.5. The highest BCUT2D eigenvalue weighted by molar-refractivity contribution is 6.61. The molecule has 0 fully saturated rings. The number of rotatable bonds is 8. The number of aliphatic hydroxyl groups excluding tert-OH is 1. The molecule has 0 aliphatic carbocycles. The average molecular weight is 520 g/mol. The van der Waals surface area contributed by atoms with Crippen LogP contribution in [0.3, 0.4) is 0 Å². The molecule has 1 aliphatic rings. The second-order valence-corrected chi connectivity index (χ2v) is 9.13. The molecule has 3 aromatic heterocycles. The summed E-state index contributed by atoms with van der Waals surface area (Å²) in [6, 6.07) is 22.2. The fraction of sp³-hybridized carbons (Fsp3) is 0.143. The number of anilines is 3. The lowest BCUT2D eigenvalue weighted by atomic mass is 9.79. The smallest absolute Gasteiger partial charge is 0.423 e. The number of fused-ring (bicyclic) bond motifs is 1. The Hall–Kier alpha value is -4.58. The van der Waals surface area contributed by atoms with Crippen LogP contribution in [0.15, 0.2) is 89.6 Å². The molecule has 1 unspecified atom stereocenters. The summed E-state index contributed by atoms with van der Waals surface area (Å²) in [7, 11) is -0.920. The van der Waals surface area contributed by atoms with Gasteiger partial charge in [-0.2, -0.15) is 0 Å². The van der Waals surface area contributed by atoms with Crippen molar-refractivity contribution in [1.82, 2.24) is 20.2 Å². The summed E-state index contributed by atoms with van der Waals surface area (Å²) in [6.07, 6.45) is 3.08. The van der Waals surface area contributed by atoms with E-state index in [9.17, 15) is 10.1 Å². The second-order valence-electron chi connectivity index (χ2n) is 9.13. The van der Waals surface area contributed by atoms with Crippen molar-refractivity contribution in [3.8, 4) is 23.0 Å². The molecule has 194 valence electrons. The molecule has 0 saturated heterocycles. The summed E-state index contributed by atoms with van der Waals surface area (Å²) in [4.78, 5) is 8.87. The van der Waals surface area contributed by atoms with E-state index >= 15 is 0 Å². The molecular formula is C28H25BN6O4. The van der Waals surface area contributed by atoms with Gasteiger partial charge >= 0.3 is 7.12 Å². The molecule has 5 aromatic rings. The molecule has 0 amide bonds. The van der Waals surface area contributed by atoms with E-state index in [0.29, 0.717) is 22.8 Å². The summed E-state index contributed by atoms with van der Waals surface area (Å²) in [5, 5.41) is 35.4. The Kier molecular flexibility index (Phi) is 6.76. The number of benzene rings is 2. The van der Waals surface area contributed by atoms with Crippen LogP contribution in [0.25, 0.3) is 23.0 Å².